The highest BCUT2D eigenvalue weighted by molar-refractivity contribution is 4.90. The van der Waals surface area contributed by atoms with Gasteiger partial charge in [0.1, 0.15) is 0 Å². The minimum Gasteiger partial charge on any atom is -0.314 e. The van der Waals surface area contributed by atoms with E-state index in [1.54, 1.807) is 25.7 Å². The number of rotatable bonds is 6. The molecule has 1 nitrogen and oxygen atoms in total. The van der Waals surface area contributed by atoms with Gasteiger partial charge in [-0.25, -0.2) is 0 Å². The molecular formula is C18H33N. The summed E-state index contributed by atoms with van der Waals surface area (Å²) in [6.45, 7) is 3.54. The van der Waals surface area contributed by atoms with Gasteiger partial charge in [-0.3, -0.25) is 0 Å². The molecule has 3 fully saturated rings. The lowest BCUT2D eigenvalue weighted by Crippen LogP contribution is -2.41. The Balaban J connectivity index is 1.54. The standard InChI is InChI=1S/C18H33N/c1-2-11-19-18(12-14-7-8-14)17-10-9-15-5-3-4-6-16(15)13-17/h14-19H,2-13H2,1H3. The third-order valence-electron chi connectivity index (χ3n) is 6.09. The van der Waals surface area contributed by atoms with Crippen molar-refractivity contribution in [3.05, 3.63) is 0 Å². The van der Waals surface area contributed by atoms with E-state index >= 15 is 0 Å². The van der Waals surface area contributed by atoms with Gasteiger partial charge in [0.2, 0.25) is 0 Å². The molecule has 0 amide bonds. The second-order valence-electron chi connectivity index (χ2n) is 7.62. The van der Waals surface area contributed by atoms with Crippen LogP contribution in [0.15, 0.2) is 0 Å². The Morgan fingerprint density at radius 1 is 0.947 bits per heavy atom. The molecule has 0 bridgehead atoms. The number of hydrogen-bond acceptors (Lipinski definition) is 1. The second-order valence-corrected chi connectivity index (χ2v) is 7.62. The third-order valence-corrected chi connectivity index (χ3v) is 6.09. The average molecular weight is 263 g/mol. The molecule has 3 aliphatic rings. The molecule has 4 atom stereocenters. The zero-order valence-corrected chi connectivity index (χ0v) is 12.9. The van der Waals surface area contributed by atoms with Crippen molar-refractivity contribution in [2.75, 3.05) is 6.54 Å². The highest BCUT2D eigenvalue weighted by Crippen LogP contribution is 2.45. The molecule has 3 saturated carbocycles. The van der Waals surface area contributed by atoms with Crippen molar-refractivity contribution in [1.82, 2.24) is 5.32 Å². The molecule has 0 aromatic rings. The van der Waals surface area contributed by atoms with Crippen LogP contribution < -0.4 is 5.32 Å². The highest BCUT2D eigenvalue weighted by Gasteiger charge is 2.37. The predicted octanol–water partition coefficient (Wildman–Crippen LogP) is 4.76. The minimum absolute atomic E-state index is 0.857. The molecule has 3 aliphatic carbocycles. The minimum atomic E-state index is 0.857. The van der Waals surface area contributed by atoms with Gasteiger partial charge in [0.25, 0.3) is 0 Å². The van der Waals surface area contributed by atoms with Crippen molar-refractivity contribution >= 4 is 0 Å². The Morgan fingerprint density at radius 3 is 2.47 bits per heavy atom. The van der Waals surface area contributed by atoms with Crippen molar-refractivity contribution in [3.8, 4) is 0 Å². The van der Waals surface area contributed by atoms with Gasteiger partial charge in [0.05, 0.1) is 0 Å². The van der Waals surface area contributed by atoms with E-state index in [2.05, 4.69) is 12.2 Å². The van der Waals surface area contributed by atoms with Gasteiger partial charge in [0, 0.05) is 6.04 Å². The Bertz CT molecular complexity index is 271. The summed E-state index contributed by atoms with van der Waals surface area (Å²) in [5.74, 6) is 4.29. The zero-order chi connectivity index (χ0) is 13.1. The normalized spacial score (nSPS) is 36.8. The quantitative estimate of drug-likeness (QED) is 0.728. The van der Waals surface area contributed by atoms with E-state index in [1.807, 2.05) is 0 Å². The van der Waals surface area contributed by atoms with Gasteiger partial charge in [-0.15, -0.1) is 0 Å². The maximum atomic E-state index is 3.91. The van der Waals surface area contributed by atoms with Crippen molar-refractivity contribution in [2.24, 2.45) is 23.7 Å². The first-order valence-corrected chi connectivity index (χ1v) is 9.10. The van der Waals surface area contributed by atoms with E-state index in [1.165, 1.54) is 51.5 Å². The molecule has 1 N–H and O–H groups in total. The Labute approximate surface area is 119 Å². The first-order valence-electron chi connectivity index (χ1n) is 9.10. The third kappa shape index (κ3) is 3.74. The van der Waals surface area contributed by atoms with Crippen LogP contribution in [0.3, 0.4) is 0 Å². The van der Waals surface area contributed by atoms with Crippen LogP contribution in [-0.2, 0) is 0 Å². The van der Waals surface area contributed by atoms with E-state index in [0.29, 0.717) is 0 Å². The maximum Gasteiger partial charge on any atom is 0.00980 e. The molecule has 19 heavy (non-hydrogen) atoms. The molecule has 0 heterocycles. The van der Waals surface area contributed by atoms with Crippen LogP contribution in [0, 0.1) is 23.7 Å². The van der Waals surface area contributed by atoms with Crippen LogP contribution in [0.5, 0.6) is 0 Å². The van der Waals surface area contributed by atoms with E-state index in [0.717, 1.165) is 29.7 Å². The molecule has 0 saturated heterocycles. The van der Waals surface area contributed by atoms with Crippen LogP contribution in [-0.4, -0.2) is 12.6 Å². The van der Waals surface area contributed by atoms with Gasteiger partial charge >= 0.3 is 0 Å². The summed E-state index contributed by atoms with van der Waals surface area (Å²) >= 11 is 0. The summed E-state index contributed by atoms with van der Waals surface area (Å²) in [5.41, 5.74) is 0. The van der Waals surface area contributed by atoms with Crippen LogP contribution in [0.4, 0.5) is 0 Å². The summed E-state index contributed by atoms with van der Waals surface area (Å²) in [4.78, 5) is 0. The van der Waals surface area contributed by atoms with E-state index in [9.17, 15) is 0 Å². The van der Waals surface area contributed by atoms with Crippen LogP contribution in [0.25, 0.3) is 0 Å². The fourth-order valence-corrected chi connectivity index (χ4v) is 4.76. The van der Waals surface area contributed by atoms with Crippen molar-refractivity contribution < 1.29 is 0 Å². The monoisotopic (exact) mass is 263 g/mol. The number of hydrogen-bond donors (Lipinski definition) is 1. The van der Waals surface area contributed by atoms with Gasteiger partial charge in [-0.1, -0.05) is 45.4 Å². The Hall–Kier alpha value is -0.0400. The smallest absolute Gasteiger partial charge is 0.00980 e. The fraction of sp³-hybridized carbons (Fsp3) is 1.00. The molecule has 0 aliphatic heterocycles. The van der Waals surface area contributed by atoms with Crippen LogP contribution >= 0.6 is 0 Å². The van der Waals surface area contributed by atoms with Gasteiger partial charge in [0.15, 0.2) is 0 Å². The largest absolute Gasteiger partial charge is 0.314 e. The van der Waals surface area contributed by atoms with Crippen molar-refractivity contribution in [3.63, 3.8) is 0 Å². The lowest BCUT2D eigenvalue weighted by molar-refractivity contribution is 0.106. The summed E-state index contributed by atoms with van der Waals surface area (Å²) in [6, 6.07) is 0.857. The first-order chi connectivity index (χ1) is 9.36. The SMILES string of the molecule is CCCNC(CC1CC1)C1CCC2CCCCC2C1. The summed E-state index contributed by atoms with van der Waals surface area (Å²) < 4.78 is 0. The fourth-order valence-electron chi connectivity index (χ4n) is 4.76. The lowest BCUT2D eigenvalue weighted by atomic mass is 9.65. The van der Waals surface area contributed by atoms with E-state index in [4.69, 9.17) is 0 Å². The van der Waals surface area contributed by atoms with Crippen LogP contribution in [0.2, 0.25) is 0 Å². The summed E-state index contributed by atoms with van der Waals surface area (Å²) in [5, 5.41) is 3.91. The lowest BCUT2D eigenvalue weighted by Gasteiger charge is -2.42. The molecule has 0 aromatic heterocycles. The molecular weight excluding hydrogens is 230 g/mol. The molecule has 110 valence electrons. The summed E-state index contributed by atoms with van der Waals surface area (Å²) in [6.07, 6.45) is 16.6. The van der Waals surface area contributed by atoms with E-state index < -0.39 is 0 Å². The second kappa shape index (κ2) is 6.61. The van der Waals surface area contributed by atoms with Gasteiger partial charge in [-0.05, 0) is 62.3 Å². The zero-order valence-electron chi connectivity index (χ0n) is 12.9. The molecule has 3 rings (SSSR count). The first kappa shape index (κ1) is 13.9. The Kier molecular flexibility index (Phi) is 4.84. The molecule has 0 aromatic carbocycles. The Morgan fingerprint density at radius 2 is 1.74 bits per heavy atom. The maximum absolute atomic E-state index is 3.91. The van der Waals surface area contributed by atoms with Crippen molar-refractivity contribution in [1.29, 1.82) is 0 Å². The predicted molar refractivity (Wildman–Crippen MR) is 82.2 cm³/mol. The molecule has 4 unspecified atom stereocenters. The number of nitrogens with one attached hydrogen (secondary N) is 1. The molecule has 0 spiro atoms. The van der Waals surface area contributed by atoms with Crippen LogP contribution in [0.1, 0.15) is 77.6 Å². The average Bonchev–Trinajstić information content (AvgIpc) is 3.27. The topological polar surface area (TPSA) is 12.0 Å². The highest BCUT2D eigenvalue weighted by atomic mass is 14.9. The van der Waals surface area contributed by atoms with E-state index in [-0.39, 0.29) is 0 Å². The van der Waals surface area contributed by atoms with Crippen molar-refractivity contribution in [2.45, 2.75) is 83.6 Å². The number of fused-ring (bicyclic) bond motifs is 1. The van der Waals surface area contributed by atoms with Gasteiger partial charge < -0.3 is 5.32 Å². The molecule has 0 radical (unpaired) electrons. The summed E-state index contributed by atoms with van der Waals surface area (Å²) in [7, 11) is 0. The molecule has 1 heteroatoms. The van der Waals surface area contributed by atoms with Gasteiger partial charge in [-0.2, -0.15) is 0 Å².